The van der Waals surface area contributed by atoms with E-state index in [2.05, 4.69) is 36.1 Å². The van der Waals surface area contributed by atoms with Gasteiger partial charge in [-0.15, -0.1) is 0 Å². The van der Waals surface area contributed by atoms with E-state index in [1.165, 1.54) is 18.2 Å². The number of rotatable bonds is 2. The van der Waals surface area contributed by atoms with Crippen molar-refractivity contribution in [3.8, 4) is 0 Å². The fourth-order valence-electron chi connectivity index (χ4n) is 4.10. The summed E-state index contributed by atoms with van der Waals surface area (Å²) in [5.74, 6) is -0.234. The summed E-state index contributed by atoms with van der Waals surface area (Å²) in [5.41, 5.74) is 2.39. The Morgan fingerprint density at radius 3 is 2.52 bits per heavy atom. The molecule has 0 aromatic heterocycles. The van der Waals surface area contributed by atoms with Gasteiger partial charge in [-0.3, -0.25) is 9.69 Å². The van der Waals surface area contributed by atoms with E-state index >= 15 is 0 Å². The summed E-state index contributed by atoms with van der Waals surface area (Å²) in [6.45, 7) is 2.06. The third-order valence-corrected chi connectivity index (χ3v) is 5.30. The van der Waals surface area contributed by atoms with Gasteiger partial charge in [0.1, 0.15) is 0 Å². The molecule has 2 heterocycles. The van der Waals surface area contributed by atoms with Crippen LogP contribution in [0.25, 0.3) is 0 Å². The molecule has 21 heavy (non-hydrogen) atoms. The monoisotopic (exact) mass is 289 g/mol. The number of methoxy groups -OCH3 is 1. The van der Waals surface area contributed by atoms with Gasteiger partial charge in [-0.25, -0.2) is 0 Å². The van der Waals surface area contributed by atoms with E-state index in [1.54, 1.807) is 0 Å². The van der Waals surface area contributed by atoms with Crippen LogP contribution in [0.15, 0.2) is 24.3 Å². The molecular weight excluding hydrogens is 266 g/mol. The Kier molecular flexibility index (Phi) is 3.76. The quantitative estimate of drug-likeness (QED) is 0.842. The van der Waals surface area contributed by atoms with E-state index < -0.39 is 0 Å². The summed E-state index contributed by atoms with van der Waals surface area (Å²) in [7, 11) is 3.46. The highest BCUT2D eigenvalue weighted by molar-refractivity contribution is 5.75. The largest absolute Gasteiger partial charge is 0.469 e. The summed E-state index contributed by atoms with van der Waals surface area (Å²) in [6, 6.07) is 8.58. The molecule has 2 aliphatic rings. The molecule has 5 atom stereocenters. The number of nitrogens with zero attached hydrogens (tertiary/aromatic N) is 1. The number of aliphatic hydroxyl groups excluding tert-OH is 1. The number of hydrogen-bond donors (Lipinski definition) is 1. The van der Waals surface area contributed by atoms with Crippen molar-refractivity contribution < 1.29 is 14.6 Å². The molecule has 1 N–H and O–H groups in total. The summed E-state index contributed by atoms with van der Waals surface area (Å²) in [5, 5.41) is 10.3. The Morgan fingerprint density at radius 1 is 1.24 bits per heavy atom. The topological polar surface area (TPSA) is 49.8 Å². The predicted molar refractivity (Wildman–Crippen MR) is 80.0 cm³/mol. The average Bonchev–Trinajstić information content (AvgIpc) is 2.66. The van der Waals surface area contributed by atoms with E-state index in [1.807, 2.05) is 7.05 Å². The number of hydrogen-bond acceptors (Lipinski definition) is 4. The van der Waals surface area contributed by atoms with Gasteiger partial charge in [0.05, 0.1) is 19.1 Å². The number of ether oxygens (including phenoxy) is 1. The second-order valence-corrected chi connectivity index (χ2v) is 6.41. The molecule has 2 fully saturated rings. The highest BCUT2D eigenvalue weighted by Gasteiger charge is 2.53. The van der Waals surface area contributed by atoms with E-state index in [9.17, 15) is 9.90 Å². The van der Waals surface area contributed by atoms with Gasteiger partial charge in [0.2, 0.25) is 0 Å². The van der Waals surface area contributed by atoms with Crippen molar-refractivity contribution >= 4 is 5.97 Å². The molecule has 1 aromatic rings. The first-order valence-corrected chi connectivity index (χ1v) is 7.57. The fraction of sp³-hybridized carbons (Fsp3) is 0.588. The van der Waals surface area contributed by atoms with Gasteiger partial charge in [-0.05, 0) is 32.4 Å². The average molecular weight is 289 g/mol. The van der Waals surface area contributed by atoms with Crippen molar-refractivity contribution in [1.29, 1.82) is 0 Å². The van der Waals surface area contributed by atoms with E-state index in [-0.39, 0.29) is 36.0 Å². The summed E-state index contributed by atoms with van der Waals surface area (Å²) < 4.78 is 5.05. The molecule has 2 aliphatic heterocycles. The number of aryl methyl sites for hydroxylation is 1. The third kappa shape index (κ3) is 2.36. The van der Waals surface area contributed by atoms with Crippen LogP contribution >= 0.6 is 0 Å². The van der Waals surface area contributed by atoms with Crippen LogP contribution in [0.2, 0.25) is 0 Å². The van der Waals surface area contributed by atoms with Gasteiger partial charge < -0.3 is 9.84 Å². The second kappa shape index (κ2) is 5.43. The lowest BCUT2D eigenvalue weighted by Gasteiger charge is -2.41. The minimum atomic E-state index is -0.345. The van der Waals surface area contributed by atoms with Crippen LogP contribution in [0, 0.1) is 12.8 Å². The summed E-state index contributed by atoms with van der Waals surface area (Å²) in [4.78, 5) is 14.5. The third-order valence-electron chi connectivity index (χ3n) is 5.30. The number of fused-ring (bicyclic) bond motifs is 2. The van der Waals surface area contributed by atoms with E-state index in [0.29, 0.717) is 6.42 Å². The van der Waals surface area contributed by atoms with Crippen LogP contribution in [-0.2, 0) is 9.53 Å². The second-order valence-electron chi connectivity index (χ2n) is 6.41. The predicted octanol–water partition coefficient (Wildman–Crippen LogP) is 1.71. The molecule has 1 aromatic carbocycles. The number of carbonyl (C=O) groups is 1. The zero-order valence-electron chi connectivity index (χ0n) is 12.8. The number of esters is 1. The number of likely N-dealkylation sites (N-methyl/N-ethyl adjacent to an activating group) is 1. The number of piperidine rings is 1. The first kappa shape index (κ1) is 14.5. The highest BCUT2D eigenvalue weighted by atomic mass is 16.5. The van der Waals surface area contributed by atoms with Crippen molar-refractivity contribution in [3.05, 3.63) is 35.4 Å². The molecule has 0 saturated carbocycles. The van der Waals surface area contributed by atoms with Crippen molar-refractivity contribution in [1.82, 2.24) is 4.90 Å². The molecule has 0 amide bonds. The van der Waals surface area contributed by atoms with Crippen LogP contribution in [0.5, 0.6) is 0 Å². The van der Waals surface area contributed by atoms with E-state index in [4.69, 9.17) is 4.74 Å². The number of benzene rings is 1. The fourth-order valence-corrected chi connectivity index (χ4v) is 4.10. The van der Waals surface area contributed by atoms with Crippen LogP contribution in [0.4, 0.5) is 0 Å². The highest BCUT2D eigenvalue weighted by Crippen LogP contribution is 2.46. The van der Waals surface area contributed by atoms with Crippen molar-refractivity contribution in [2.24, 2.45) is 5.92 Å². The summed E-state index contributed by atoms with van der Waals surface area (Å²) >= 11 is 0. The first-order valence-electron chi connectivity index (χ1n) is 7.57. The Bertz CT molecular complexity index is 527. The van der Waals surface area contributed by atoms with Gasteiger partial charge in [0.25, 0.3) is 0 Å². The van der Waals surface area contributed by atoms with Gasteiger partial charge in [0.15, 0.2) is 0 Å². The lowest BCUT2D eigenvalue weighted by molar-refractivity contribution is -0.150. The lowest BCUT2D eigenvalue weighted by atomic mass is 9.76. The minimum absolute atomic E-state index is 0.0671. The molecule has 2 saturated heterocycles. The zero-order chi connectivity index (χ0) is 15.1. The van der Waals surface area contributed by atoms with Gasteiger partial charge in [-0.1, -0.05) is 29.8 Å². The molecule has 0 radical (unpaired) electrons. The SMILES string of the molecule is COC(=O)[C@H]1[C@H]2C[C@@H](O)[C@@H](C[C@H]1c1ccc(C)cc1)N2C. The lowest BCUT2D eigenvalue weighted by Crippen LogP contribution is -2.49. The van der Waals surface area contributed by atoms with Gasteiger partial charge in [0, 0.05) is 18.0 Å². The summed E-state index contributed by atoms with van der Waals surface area (Å²) in [6.07, 6.45) is 1.11. The molecule has 4 nitrogen and oxygen atoms in total. The van der Waals surface area contributed by atoms with Crippen LogP contribution in [0.1, 0.15) is 29.9 Å². The molecule has 114 valence electrons. The molecule has 2 bridgehead atoms. The molecule has 0 unspecified atom stereocenters. The maximum Gasteiger partial charge on any atom is 0.310 e. The van der Waals surface area contributed by atoms with Crippen molar-refractivity contribution in [2.45, 2.75) is 43.9 Å². The Hall–Kier alpha value is -1.39. The zero-order valence-corrected chi connectivity index (χ0v) is 12.8. The van der Waals surface area contributed by atoms with Crippen LogP contribution in [-0.4, -0.2) is 48.3 Å². The number of aliphatic hydroxyl groups is 1. The standard InChI is InChI=1S/C17H23NO3/c1-10-4-6-11(7-5-10)12-8-13-15(19)9-14(18(13)2)16(12)17(20)21-3/h4-7,12-16,19H,8-9H2,1-3H3/t12-,13+,14+,15+,16+/m0/s1. The van der Waals surface area contributed by atoms with Crippen molar-refractivity contribution in [3.63, 3.8) is 0 Å². The first-order chi connectivity index (χ1) is 10.0. The van der Waals surface area contributed by atoms with Crippen LogP contribution < -0.4 is 0 Å². The Labute approximate surface area is 125 Å². The Balaban J connectivity index is 1.97. The molecular formula is C17H23NO3. The molecule has 4 heteroatoms. The Morgan fingerprint density at radius 2 is 1.90 bits per heavy atom. The van der Waals surface area contributed by atoms with Gasteiger partial charge >= 0.3 is 5.97 Å². The molecule has 0 aliphatic carbocycles. The smallest absolute Gasteiger partial charge is 0.310 e. The van der Waals surface area contributed by atoms with Crippen molar-refractivity contribution in [2.75, 3.05) is 14.2 Å². The van der Waals surface area contributed by atoms with E-state index in [0.717, 1.165) is 6.42 Å². The number of carbonyl (C=O) groups excluding carboxylic acids is 1. The molecule has 3 rings (SSSR count). The molecule has 0 spiro atoms. The maximum absolute atomic E-state index is 12.3. The van der Waals surface area contributed by atoms with Gasteiger partial charge in [-0.2, -0.15) is 0 Å². The maximum atomic E-state index is 12.3. The minimum Gasteiger partial charge on any atom is -0.469 e. The normalized spacial score (nSPS) is 35.7. The van der Waals surface area contributed by atoms with Crippen LogP contribution in [0.3, 0.4) is 0 Å².